The average molecular weight is 406 g/mol. The number of ether oxygens (including phenoxy) is 1. The molecule has 27 heavy (non-hydrogen) atoms. The van der Waals surface area contributed by atoms with Crippen molar-refractivity contribution < 1.29 is 17.9 Å². The zero-order valence-corrected chi connectivity index (χ0v) is 16.6. The summed E-state index contributed by atoms with van der Waals surface area (Å²) in [6, 6.07) is 12.3. The van der Waals surface area contributed by atoms with Crippen molar-refractivity contribution in [2.24, 2.45) is 0 Å². The van der Waals surface area contributed by atoms with E-state index in [2.05, 4.69) is 11.3 Å². The van der Waals surface area contributed by atoms with Crippen LogP contribution in [-0.2, 0) is 19.6 Å². The van der Waals surface area contributed by atoms with E-state index in [9.17, 15) is 13.2 Å². The highest BCUT2D eigenvalue weighted by atomic mass is 35.5. The predicted molar refractivity (Wildman–Crippen MR) is 108 cm³/mol. The smallest absolute Gasteiger partial charge is 0.338 e. The number of carbonyl (C=O) groups excluding carboxylic acids is 1. The van der Waals surface area contributed by atoms with Gasteiger partial charge in [0.05, 0.1) is 17.1 Å². The van der Waals surface area contributed by atoms with Crippen molar-refractivity contribution in [2.75, 3.05) is 11.3 Å². The Balaban J connectivity index is 2.26. The largest absolute Gasteiger partial charge is 0.462 e. The third-order valence-electron chi connectivity index (χ3n) is 3.46. The summed E-state index contributed by atoms with van der Waals surface area (Å²) in [6.07, 6.45) is 1.63. The molecule has 0 spiro atoms. The number of carbonyl (C=O) groups is 1. The van der Waals surface area contributed by atoms with E-state index >= 15 is 0 Å². The second kappa shape index (κ2) is 8.88. The van der Waals surface area contributed by atoms with Gasteiger partial charge in [-0.1, -0.05) is 35.9 Å². The number of nitrogens with one attached hydrogen (secondary N) is 1. The van der Waals surface area contributed by atoms with E-state index in [1.165, 1.54) is 24.3 Å². The summed E-state index contributed by atoms with van der Waals surface area (Å²) in [5.74, 6) is -0.463. The fourth-order valence-corrected chi connectivity index (χ4v) is 3.45. The van der Waals surface area contributed by atoms with Crippen LogP contribution in [0.3, 0.4) is 0 Å². The van der Waals surface area contributed by atoms with Crippen molar-refractivity contribution in [3.63, 3.8) is 0 Å². The Hall–Kier alpha value is -2.57. The Morgan fingerprint density at radius 1 is 1.15 bits per heavy atom. The van der Waals surface area contributed by atoms with Gasteiger partial charge in [0.15, 0.2) is 0 Å². The lowest BCUT2D eigenvalue weighted by Gasteiger charge is -2.11. The van der Waals surface area contributed by atoms with Crippen LogP contribution in [0, 0.1) is 0 Å². The molecule has 0 heterocycles. The summed E-state index contributed by atoms with van der Waals surface area (Å²) in [4.78, 5) is 12.3. The van der Waals surface area contributed by atoms with E-state index in [4.69, 9.17) is 16.3 Å². The zero-order chi connectivity index (χ0) is 20.0. The first kappa shape index (κ1) is 20.7. The molecule has 2 aromatic carbocycles. The fraction of sp³-hybridized carbons (Fsp3) is 0.150. The number of anilines is 1. The monoisotopic (exact) mass is 405 g/mol. The van der Waals surface area contributed by atoms with Crippen LogP contribution in [0.4, 0.5) is 5.69 Å². The summed E-state index contributed by atoms with van der Waals surface area (Å²) < 4.78 is 32.4. The molecule has 5 nitrogen and oxygen atoms in total. The molecule has 142 valence electrons. The lowest BCUT2D eigenvalue weighted by atomic mass is 10.0. The average Bonchev–Trinajstić information content (AvgIpc) is 2.60. The molecule has 0 aromatic heterocycles. The Labute approximate surface area is 164 Å². The maximum absolute atomic E-state index is 12.4. The van der Waals surface area contributed by atoms with Crippen molar-refractivity contribution in [3.05, 3.63) is 77.3 Å². The van der Waals surface area contributed by atoms with Gasteiger partial charge in [-0.3, -0.25) is 4.72 Å². The topological polar surface area (TPSA) is 72.5 Å². The minimum atomic E-state index is -3.74. The first-order chi connectivity index (χ1) is 12.7. The van der Waals surface area contributed by atoms with Gasteiger partial charge in [0, 0.05) is 10.7 Å². The number of benzene rings is 2. The van der Waals surface area contributed by atoms with Gasteiger partial charge in [0.2, 0.25) is 0 Å². The summed E-state index contributed by atoms with van der Waals surface area (Å²) >= 11 is 5.79. The van der Waals surface area contributed by atoms with Gasteiger partial charge in [-0.15, -0.1) is 0 Å². The van der Waals surface area contributed by atoms with Crippen LogP contribution < -0.4 is 4.72 Å². The number of esters is 1. The Kier molecular flexibility index (Phi) is 6.82. The van der Waals surface area contributed by atoms with Crippen molar-refractivity contribution in [3.8, 4) is 0 Å². The molecule has 0 fully saturated rings. The van der Waals surface area contributed by atoms with Gasteiger partial charge in [-0.2, -0.15) is 0 Å². The molecule has 2 rings (SSSR count). The summed E-state index contributed by atoms with van der Waals surface area (Å²) in [5, 5.41) is 0.453. The highest BCUT2D eigenvalue weighted by molar-refractivity contribution is 7.92. The highest BCUT2D eigenvalue weighted by Gasteiger charge is 2.16. The lowest BCUT2D eigenvalue weighted by Crippen LogP contribution is -2.13. The van der Waals surface area contributed by atoms with Crippen molar-refractivity contribution in [1.29, 1.82) is 0 Å². The van der Waals surface area contributed by atoms with Crippen LogP contribution in [0.2, 0.25) is 5.02 Å². The molecule has 0 radical (unpaired) electrons. The van der Waals surface area contributed by atoms with Gasteiger partial charge < -0.3 is 4.74 Å². The molecule has 0 saturated carbocycles. The van der Waals surface area contributed by atoms with Crippen LogP contribution in [0.15, 0.2) is 71.7 Å². The first-order valence-corrected chi connectivity index (χ1v) is 10.0. The van der Waals surface area contributed by atoms with Gasteiger partial charge in [0.1, 0.15) is 0 Å². The van der Waals surface area contributed by atoms with E-state index in [0.717, 1.165) is 0 Å². The maximum atomic E-state index is 12.4. The fourth-order valence-electron chi connectivity index (χ4n) is 2.26. The van der Waals surface area contributed by atoms with Crippen molar-refractivity contribution >= 4 is 38.9 Å². The van der Waals surface area contributed by atoms with Crippen LogP contribution in [0.5, 0.6) is 0 Å². The van der Waals surface area contributed by atoms with Crippen LogP contribution in [-0.4, -0.2) is 21.0 Å². The highest BCUT2D eigenvalue weighted by Crippen LogP contribution is 2.23. The summed E-state index contributed by atoms with van der Waals surface area (Å²) in [6.45, 7) is 7.54. The van der Waals surface area contributed by atoms with Crippen LogP contribution >= 0.6 is 11.6 Å². The van der Waals surface area contributed by atoms with Gasteiger partial charge in [-0.05, 0) is 61.9 Å². The Morgan fingerprint density at radius 3 is 2.26 bits per heavy atom. The van der Waals surface area contributed by atoms with Gasteiger partial charge >= 0.3 is 5.97 Å². The zero-order valence-electron chi connectivity index (χ0n) is 15.0. The molecule has 0 unspecified atom stereocenters. The maximum Gasteiger partial charge on any atom is 0.338 e. The Bertz CT molecular complexity index is 962. The Morgan fingerprint density at radius 2 is 1.74 bits per heavy atom. The molecule has 0 saturated heterocycles. The quantitative estimate of drug-likeness (QED) is 0.413. The molecule has 0 bridgehead atoms. The number of hydrogen-bond donors (Lipinski definition) is 1. The SMILES string of the molecule is C=C(C)/C=C(/C(=O)OCC)c1ccc(NS(=O)(=O)c2ccc(Cl)cc2)cc1. The molecular weight excluding hydrogens is 386 g/mol. The van der Waals surface area contributed by atoms with E-state index in [1.807, 2.05) is 0 Å². The second-order valence-electron chi connectivity index (χ2n) is 5.76. The molecule has 0 amide bonds. The summed E-state index contributed by atoms with van der Waals surface area (Å²) in [5.41, 5.74) is 2.03. The number of halogens is 1. The van der Waals surface area contributed by atoms with E-state index in [0.29, 0.717) is 27.4 Å². The standard InChI is InChI=1S/C20H20ClNO4S/c1-4-26-20(23)19(13-14(2)3)15-5-9-17(10-6-15)22-27(24,25)18-11-7-16(21)8-12-18/h5-13,22H,2,4H2,1,3H3/b19-13+. The normalized spacial score (nSPS) is 11.7. The van der Waals surface area contributed by atoms with E-state index in [-0.39, 0.29) is 11.5 Å². The van der Waals surface area contributed by atoms with Crippen LogP contribution in [0.25, 0.3) is 5.57 Å². The van der Waals surface area contributed by atoms with Crippen LogP contribution in [0.1, 0.15) is 19.4 Å². The second-order valence-corrected chi connectivity index (χ2v) is 7.88. The molecule has 0 aliphatic heterocycles. The number of hydrogen-bond acceptors (Lipinski definition) is 4. The molecule has 7 heteroatoms. The summed E-state index contributed by atoms with van der Waals surface area (Å²) in [7, 11) is -3.74. The molecule has 0 aliphatic carbocycles. The third-order valence-corrected chi connectivity index (χ3v) is 5.11. The molecule has 0 aliphatic rings. The minimum absolute atomic E-state index is 0.102. The van der Waals surface area contributed by atoms with Crippen molar-refractivity contribution in [1.82, 2.24) is 0 Å². The van der Waals surface area contributed by atoms with Gasteiger partial charge in [0.25, 0.3) is 10.0 Å². The molecule has 0 atom stereocenters. The van der Waals surface area contributed by atoms with E-state index in [1.54, 1.807) is 44.2 Å². The number of allylic oxidation sites excluding steroid dienone is 2. The molecular formula is C20H20ClNO4S. The lowest BCUT2D eigenvalue weighted by molar-refractivity contribution is -0.136. The van der Waals surface area contributed by atoms with Gasteiger partial charge in [-0.25, -0.2) is 13.2 Å². The molecule has 1 N–H and O–H groups in total. The molecule has 2 aromatic rings. The number of rotatable bonds is 7. The van der Waals surface area contributed by atoms with E-state index < -0.39 is 16.0 Å². The number of sulfonamides is 1. The predicted octanol–water partition coefficient (Wildman–Crippen LogP) is 4.66. The van der Waals surface area contributed by atoms with Crippen molar-refractivity contribution in [2.45, 2.75) is 18.7 Å². The minimum Gasteiger partial charge on any atom is -0.462 e. The first-order valence-electron chi connectivity index (χ1n) is 8.16. The third kappa shape index (κ3) is 5.70.